The lowest BCUT2D eigenvalue weighted by molar-refractivity contribution is -0.146. The minimum Gasteiger partial charge on any atom is -0.478 e. The number of amides is 1. The van der Waals surface area contributed by atoms with Crippen LogP contribution in [0.4, 0.5) is 19.3 Å². The molecule has 308 valence electrons. The van der Waals surface area contributed by atoms with Crippen LogP contribution in [0.3, 0.4) is 0 Å². The molecule has 6 heterocycles. The molecule has 8 rings (SSSR count). The summed E-state index contributed by atoms with van der Waals surface area (Å²) in [7, 11) is 3.69. The lowest BCUT2D eigenvalue weighted by atomic mass is 9.99. The van der Waals surface area contributed by atoms with Gasteiger partial charge in [-0.05, 0) is 42.6 Å². The summed E-state index contributed by atoms with van der Waals surface area (Å²) in [6, 6.07) is 11.6. The molecular formula is C42H37F2N7O9. The zero-order valence-corrected chi connectivity index (χ0v) is 32.2. The van der Waals surface area contributed by atoms with Crippen molar-refractivity contribution in [3.8, 4) is 11.1 Å². The highest BCUT2D eigenvalue weighted by Gasteiger charge is 2.42. The molecule has 0 saturated carbocycles. The van der Waals surface area contributed by atoms with Crippen LogP contribution in [0.15, 0.2) is 78.0 Å². The van der Waals surface area contributed by atoms with Crippen LogP contribution < -0.4 is 15.6 Å². The van der Waals surface area contributed by atoms with Gasteiger partial charge in [-0.3, -0.25) is 4.79 Å². The number of nitrogens with one attached hydrogen (secondary N) is 2. The molecule has 16 nitrogen and oxygen atoms in total. The number of fused-ring (bicyclic) bond motifs is 5. The number of benzene rings is 2. The Bertz CT molecular complexity index is 2810. The number of pyridine rings is 3. The third kappa shape index (κ3) is 7.59. The first kappa shape index (κ1) is 39.6. The molecule has 2 saturated heterocycles. The van der Waals surface area contributed by atoms with E-state index in [4.69, 9.17) is 14.6 Å². The molecule has 0 unspecified atom stereocenters. The monoisotopic (exact) mass is 821 g/mol. The van der Waals surface area contributed by atoms with E-state index in [9.17, 15) is 24.0 Å². The number of aromatic nitrogens is 4. The Hall–Kier alpha value is -7.21. The Morgan fingerprint density at radius 2 is 1.80 bits per heavy atom. The maximum Gasteiger partial charge on any atom is 0.410 e. The zero-order chi connectivity index (χ0) is 42.2. The summed E-state index contributed by atoms with van der Waals surface area (Å²) in [6.07, 6.45) is 5.51. The number of aromatic amines is 1. The number of carboxylic acids is 1. The van der Waals surface area contributed by atoms with Gasteiger partial charge in [0, 0.05) is 81.1 Å². The Balaban J connectivity index is 1.19. The molecular weight excluding hydrogens is 784 g/mol. The van der Waals surface area contributed by atoms with Crippen LogP contribution in [0.1, 0.15) is 27.9 Å². The number of H-pyrrole nitrogens is 1. The van der Waals surface area contributed by atoms with Gasteiger partial charge in [-0.25, -0.2) is 37.9 Å². The molecule has 2 aromatic carbocycles. The first-order valence-electron chi connectivity index (χ1n) is 18.8. The van der Waals surface area contributed by atoms with Gasteiger partial charge in [0.25, 0.3) is 0 Å². The van der Waals surface area contributed by atoms with E-state index in [1.165, 1.54) is 6.20 Å². The fourth-order valence-electron chi connectivity index (χ4n) is 8.11. The number of carbonyl (C=O) groups excluding carboxylic acids is 3. The average Bonchev–Trinajstić information content (AvgIpc) is 3.93. The summed E-state index contributed by atoms with van der Waals surface area (Å²) in [5, 5.41) is 11.4. The smallest absolute Gasteiger partial charge is 0.410 e. The van der Waals surface area contributed by atoms with Gasteiger partial charge < -0.3 is 44.0 Å². The Labute approximate surface area is 339 Å². The molecule has 2 aliphatic heterocycles. The summed E-state index contributed by atoms with van der Waals surface area (Å²) in [5.74, 6) is -5.27. The van der Waals surface area contributed by atoms with E-state index in [1.54, 1.807) is 42.2 Å². The molecule has 3 N–H and O–H groups in total. The van der Waals surface area contributed by atoms with E-state index in [2.05, 4.69) is 34.8 Å². The van der Waals surface area contributed by atoms with Crippen LogP contribution in [0.5, 0.6) is 0 Å². The van der Waals surface area contributed by atoms with Crippen molar-refractivity contribution in [2.24, 2.45) is 13.0 Å². The van der Waals surface area contributed by atoms with Crippen molar-refractivity contribution in [3.63, 3.8) is 0 Å². The van der Waals surface area contributed by atoms with E-state index >= 15 is 8.78 Å². The second-order valence-corrected chi connectivity index (χ2v) is 14.7. The average molecular weight is 822 g/mol. The van der Waals surface area contributed by atoms with Gasteiger partial charge >= 0.3 is 24.0 Å². The van der Waals surface area contributed by atoms with Gasteiger partial charge in [-0.2, -0.15) is 0 Å². The minimum absolute atomic E-state index is 0.0119. The molecule has 6 aromatic rings. The van der Waals surface area contributed by atoms with Gasteiger partial charge in [0.05, 0.1) is 27.4 Å². The van der Waals surface area contributed by atoms with Gasteiger partial charge in [-0.15, -0.1) is 0 Å². The van der Waals surface area contributed by atoms with Crippen LogP contribution in [-0.4, -0.2) is 93.0 Å². The van der Waals surface area contributed by atoms with E-state index in [1.807, 2.05) is 25.2 Å². The zero-order valence-electron chi connectivity index (χ0n) is 32.2. The summed E-state index contributed by atoms with van der Waals surface area (Å²) in [6.45, 7) is 0.936. The van der Waals surface area contributed by atoms with Crippen molar-refractivity contribution < 1.29 is 47.3 Å². The number of alkyl carbamates (subject to hydrolysis) is 1. The van der Waals surface area contributed by atoms with Gasteiger partial charge in [0.1, 0.15) is 23.5 Å². The Morgan fingerprint density at radius 1 is 1.00 bits per heavy atom. The molecule has 0 spiro atoms. The van der Waals surface area contributed by atoms with Gasteiger partial charge in [0.15, 0.2) is 11.6 Å². The number of hydrogen-bond donors (Lipinski definition) is 3. The van der Waals surface area contributed by atoms with Crippen LogP contribution >= 0.6 is 0 Å². The maximum atomic E-state index is 16.3. The van der Waals surface area contributed by atoms with Crippen molar-refractivity contribution in [2.45, 2.75) is 25.6 Å². The number of esters is 2. The van der Waals surface area contributed by atoms with Gasteiger partial charge in [-0.1, -0.05) is 30.3 Å². The fraction of sp³-hybridized carbons (Fsp3) is 0.262. The van der Waals surface area contributed by atoms with E-state index in [0.717, 1.165) is 24.6 Å². The number of ether oxygens (including phenoxy) is 3. The fourth-order valence-corrected chi connectivity index (χ4v) is 8.11. The van der Waals surface area contributed by atoms with E-state index in [0.29, 0.717) is 53.6 Å². The summed E-state index contributed by atoms with van der Waals surface area (Å²) >= 11 is 0. The molecule has 1 amide bonds. The number of rotatable bonds is 11. The second-order valence-electron chi connectivity index (χ2n) is 14.7. The number of aryl methyl sites for hydroxylation is 1. The third-order valence-corrected chi connectivity index (χ3v) is 10.8. The molecule has 0 radical (unpaired) electrons. The normalized spacial score (nSPS) is 16.5. The number of halogens is 2. The minimum atomic E-state index is -1.37. The van der Waals surface area contributed by atoms with E-state index < -0.39 is 47.9 Å². The standard InChI is InChI=1S/C42H37F2N7O9/c1-49-17-23-10-11-51(30(23)19-49)37-27(24-12-26-38(55)28(18-50(2)40(26)46-14-24)41(56)58-20-22-6-4-3-5-7-22)16-45-39-34(37)33-35(44)29(43)13-25(36(33)48-39)15-47-42(57)60-21-59-32(54)9-8-31(52)53/h3-9,12-14,16,18,23,30H,10-11,15,17,19-21H2,1-2H3,(H,45,48)(H,47,57)(H,52,53)/b9-8+/t23-,30+/m1/s1. The molecule has 2 fully saturated rings. The predicted molar refractivity (Wildman–Crippen MR) is 213 cm³/mol. The SMILES string of the molecule is CN1C[C@H]2CCN(c3c(-c4cnc5c(c4)c(=O)c(C(=O)OCc4ccccc4)cn5C)cnc4[nH]c5c(CNC(=O)OCOC(=O)/C=C/C(=O)O)cc(F)c(F)c5c34)[C@H]2C1. The highest BCUT2D eigenvalue weighted by atomic mass is 19.2. The number of likely N-dealkylation sites (tertiary alicyclic amines) is 1. The van der Waals surface area contributed by atoms with Crippen molar-refractivity contribution in [1.29, 1.82) is 0 Å². The number of nitrogens with zero attached hydrogens (tertiary/aromatic N) is 5. The van der Waals surface area contributed by atoms with Gasteiger partial charge in [0.2, 0.25) is 12.2 Å². The number of carbonyl (C=O) groups is 4. The lowest BCUT2D eigenvalue weighted by Gasteiger charge is -2.29. The molecule has 4 aromatic heterocycles. The third-order valence-electron chi connectivity index (χ3n) is 10.8. The molecule has 2 atom stereocenters. The number of carboxylic acid groups (broad SMARTS) is 1. The van der Waals surface area contributed by atoms with Crippen LogP contribution in [-0.2, 0) is 44.0 Å². The largest absolute Gasteiger partial charge is 0.478 e. The summed E-state index contributed by atoms with van der Waals surface area (Å²) < 4.78 is 48.4. The van der Waals surface area contributed by atoms with Crippen molar-refractivity contribution >= 4 is 62.7 Å². The van der Waals surface area contributed by atoms with E-state index in [-0.39, 0.29) is 57.6 Å². The summed E-state index contributed by atoms with van der Waals surface area (Å²) in [5.41, 5.74) is 2.32. The highest BCUT2D eigenvalue weighted by Crippen LogP contribution is 2.46. The lowest BCUT2D eigenvalue weighted by Crippen LogP contribution is -2.35. The number of aliphatic carboxylic acids is 1. The Kier molecular flexibility index (Phi) is 10.7. The van der Waals surface area contributed by atoms with Crippen molar-refractivity contribution in [1.82, 2.24) is 29.7 Å². The molecule has 0 aliphatic carbocycles. The highest BCUT2D eigenvalue weighted by molar-refractivity contribution is 6.16. The number of anilines is 1. The van der Waals surface area contributed by atoms with Crippen LogP contribution in [0.2, 0.25) is 0 Å². The second kappa shape index (κ2) is 16.2. The van der Waals surface area contributed by atoms with Crippen molar-refractivity contribution in [2.75, 3.05) is 38.4 Å². The molecule has 0 bridgehead atoms. The summed E-state index contributed by atoms with van der Waals surface area (Å²) in [4.78, 5) is 78.7. The van der Waals surface area contributed by atoms with Crippen LogP contribution in [0.25, 0.3) is 44.1 Å². The maximum absolute atomic E-state index is 16.3. The molecule has 18 heteroatoms. The Morgan fingerprint density at radius 3 is 2.58 bits per heavy atom. The first-order chi connectivity index (χ1) is 28.9. The number of hydrogen-bond acceptors (Lipinski definition) is 12. The molecule has 60 heavy (non-hydrogen) atoms. The first-order valence-corrected chi connectivity index (χ1v) is 18.8. The quantitative estimate of drug-likeness (QED) is 0.0919. The topological polar surface area (TPSA) is 198 Å². The van der Waals surface area contributed by atoms with Crippen molar-refractivity contribution in [3.05, 3.63) is 112 Å². The molecule has 2 aliphatic rings. The number of likely N-dealkylation sites (N-methyl/N-ethyl adjacent to an activating group) is 1. The predicted octanol–water partition coefficient (Wildman–Crippen LogP) is 4.77. The van der Waals surface area contributed by atoms with Crippen LogP contribution in [0, 0.1) is 17.6 Å².